The Morgan fingerprint density at radius 2 is 1.59 bits per heavy atom. The van der Waals surface area contributed by atoms with E-state index >= 15 is 0 Å². The maximum atomic E-state index is 11.7. The van der Waals surface area contributed by atoms with Gasteiger partial charge in [0, 0.05) is 0 Å². The lowest BCUT2D eigenvalue weighted by molar-refractivity contribution is -0.116. The minimum atomic E-state index is -3.59. The van der Waals surface area contributed by atoms with Gasteiger partial charge in [0.25, 0.3) is 0 Å². The minimum Gasteiger partial charge on any atom is -0.457 e. The Labute approximate surface area is 129 Å². The van der Waals surface area contributed by atoms with Crippen LogP contribution in [0.5, 0.6) is 11.5 Å². The number of nitrogens with two attached hydrogens (primary N) is 1. The van der Waals surface area contributed by atoms with Crippen LogP contribution in [0.2, 0.25) is 0 Å². The van der Waals surface area contributed by atoms with E-state index in [1.807, 2.05) is 30.3 Å². The van der Waals surface area contributed by atoms with Crippen LogP contribution in [0, 0.1) is 0 Å². The molecule has 1 amide bonds. The van der Waals surface area contributed by atoms with Crippen LogP contribution in [0.1, 0.15) is 0 Å². The van der Waals surface area contributed by atoms with Crippen molar-refractivity contribution in [3.05, 3.63) is 54.6 Å². The Bertz CT molecular complexity index is 743. The van der Waals surface area contributed by atoms with Crippen molar-refractivity contribution in [2.75, 3.05) is 17.1 Å². The number of para-hydroxylation sites is 1. The first-order valence-electron chi connectivity index (χ1n) is 6.45. The van der Waals surface area contributed by atoms with E-state index in [1.165, 1.54) is 0 Å². The summed E-state index contributed by atoms with van der Waals surface area (Å²) >= 11 is 0. The fourth-order valence-corrected chi connectivity index (χ4v) is 2.71. The van der Waals surface area contributed by atoms with E-state index < -0.39 is 22.5 Å². The van der Waals surface area contributed by atoms with E-state index in [9.17, 15) is 13.2 Å². The lowest BCUT2D eigenvalue weighted by atomic mass is 10.3. The predicted octanol–water partition coefficient (Wildman–Crippen LogP) is 1.73. The molecule has 2 N–H and O–H groups in total. The van der Waals surface area contributed by atoms with Crippen molar-refractivity contribution in [1.82, 2.24) is 0 Å². The van der Waals surface area contributed by atoms with E-state index in [-0.39, 0.29) is 0 Å². The topological polar surface area (TPSA) is 89.7 Å². The minimum absolute atomic E-state index is 0.349. The molecule has 0 fully saturated rings. The first-order chi connectivity index (χ1) is 10.4. The van der Waals surface area contributed by atoms with Crippen LogP contribution in [0.15, 0.2) is 54.6 Å². The number of amides is 1. The van der Waals surface area contributed by atoms with Gasteiger partial charge in [0.15, 0.2) is 0 Å². The maximum Gasteiger partial charge on any atom is 0.238 e. The Morgan fingerprint density at radius 3 is 2.09 bits per heavy atom. The molecule has 0 saturated carbocycles. The van der Waals surface area contributed by atoms with Crippen molar-refractivity contribution in [1.29, 1.82) is 0 Å². The number of ether oxygens (including phenoxy) is 1. The smallest absolute Gasteiger partial charge is 0.238 e. The van der Waals surface area contributed by atoms with Crippen LogP contribution in [-0.4, -0.2) is 27.1 Å². The highest BCUT2D eigenvalue weighted by Gasteiger charge is 2.19. The number of primary amides is 1. The number of sulfonamides is 1. The zero-order valence-corrected chi connectivity index (χ0v) is 12.8. The van der Waals surface area contributed by atoms with Gasteiger partial charge in [-0.3, -0.25) is 9.10 Å². The van der Waals surface area contributed by atoms with Crippen LogP contribution < -0.4 is 14.8 Å². The Hall–Kier alpha value is -2.54. The van der Waals surface area contributed by atoms with Crippen molar-refractivity contribution in [3.8, 4) is 11.5 Å². The summed E-state index contributed by atoms with van der Waals surface area (Å²) in [6.07, 6.45) is 1.02. The highest BCUT2D eigenvalue weighted by atomic mass is 32.2. The standard InChI is InChI=1S/C15H16N2O4S/c1-22(19,20)17(11-15(16)18)12-7-9-14(10-8-12)21-13-5-3-2-4-6-13/h2-10H,11H2,1H3,(H2,16,18). The average Bonchev–Trinajstić information content (AvgIpc) is 2.46. The van der Waals surface area contributed by atoms with Crippen molar-refractivity contribution in [2.45, 2.75) is 0 Å². The summed E-state index contributed by atoms with van der Waals surface area (Å²) in [4.78, 5) is 11.0. The van der Waals surface area contributed by atoms with Crippen LogP contribution in [0.3, 0.4) is 0 Å². The third-order valence-electron chi connectivity index (χ3n) is 2.80. The maximum absolute atomic E-state index is 11.7. The number of rotatable bonds is 6. The third-order valence-corrected chi connectivity index (χ3v) is 3.94. The highest BCUT2D eigenvalue weighted by Crippen LogP contribution is 2.25. The lowest BCUT2D eigenvalue weighted by Crippen LogP contribution is -2.37. The summed E-state index contributed by atoms with van der Waals surface area (Å²) in [6, 6.07) is 15.6. The molecule has 6 nitrogen and oxygen atoms in total. The van der Waals surface area contributed by atoms with Gasteiger partial charge >= 0.3 is 0 Å². The molecule has 0 spiro atoms. The molecule has 116 valence electrons. The second kappa shape index (κ2) is 6.48. The molecule has 0 heterocycles. The molecule has 0 aliphatic heterocycles. The molecule has 7 heteroatoms. The number of nitrogens with zero attached hydrogens (tertiary/aromatic N) is 1. The molecular weight excluding hydrogens is 304 g/mol. The van der Waals surface area contributed by atoms with E-state index in [0.29, 0.717) is 17.2 Å². The second-order valence-corrected chi connectivity index (χ2v) is 6.55. The zero-order chi connectivity index (χ0) is 16.2. The van der Waals surface area contributed by atoms with Gasteiger partial charge in [-0.05, 0) is 36.4 Å². The zero-order valence-electron chi connectivity index (χ0n) is 12.0. The van der Waals surface area contributed by atoms with Crippen LogP contribution >= 0.6 is 0 Å². The molecule has 0 aliphatic carbocycles. The van der Waals surface area contributed by atoms with Crippen molar-refractivity contribution < 1.29 is 17.9 Å². The molecule has 22 heavy (non-hydrogen) atoms. The number of carbonyl (C=O) groups excluding carboxylic acids is 1. The Morgan fingerprint density at radius 1 is 1.05 bits per heavy atom. The Balaban J connectivity index is 2.21. The van der Waals surface area contributed by atoms with E-state index in [0.717, 1.165) is 10.6 Å². The summed E-state index contributed by atoms with van der Waals surface area (Å²) in [5.74, 6) is 0.505. The molecule has 2 aromatic carbocycles. The van der Waals surface area contributed by atoms with Crippen molar-refractivity contribution in [2.24, 2.45) is 5.73 Å². The molecule has 0 saturated heterocycles. The Kier molecular flexibility index (Phi) is 4.67. The molecule has 0 radical (unpaired) electrons. The first kappa shape index (κ1) is 15.8. The second-order valence-electron chi connectivity index (χ2n) is 4.64. The number of anilines is 1. The van der Waals surface area contributed by atoms with Gasteiger partial charge in [-0.1, -0.05) is 18.2 Å². The first-order valence-corrected chi connectivity index (χ1v) is 8.30. The SMILES string of the molecule is CS(=O)(=O)N(CC(N)=O)c1ccc(Oc2ccccc2)cc1. The van der Waals surface area contributed by atoms with Crippen molar-refractivity contribution >= 4 is 21.6 Å². The summed E-state index contributed by atoms with van der Waals surface area (Å²) < 4.78 is 30.0. The van der Waals surface area contributed by atoms with E-state index in [4.69, 9.17) is 10.5 Å². The lowest BCUT2D eigenvalue weighted by Gasteiger charge is -2.20. The quantitative estimate of drug-likeness (QED) is 0.877. The molecule has 0 aromatic heterocycles. The molecule has 2 rings (SSSR count). The molecular formula is C15H16N2O4S. The van der Waals surface area contributed by atoms with Gasteiger partial charge in [0.05, 0.1) is 11.9 Å². The van der Waals surface area contributed by atoms with Gasteiger partial charge < -0.3 is 10.5 Å². The number of hydrogen-bond donors (Lipinski definition) is 1. The molecule has 0 atom stereocenters. The fraction of sp³-hybridized carbons (Fsp3) is 0.133. The monoisotopic (exact) mass is 320 g/mol. The summed E-state index contributed by atoms with van der Waals surface area (Å²) in [5, 5.41) is 0. The summed E-state index contributed by atoms with van der Waals surface area (Å²) in [6.45, 7) is -0.405. The van der Waals surface area contributed by atoms with Crippen LogP contribution in [0.4, 0.5) is 5.69 Å². The summed E-state index contributed by atoms with van der Waals surface area (Å²) in [7, 11) is -3.59. The van der Waals surface area contributed by atoms with Gasteiger partial charge in [0.2, 0.25) is 15.9 Å². The number of benzene rings is 2. The third kappa shape index (κ3) is 4.23. The predicted molar refractivity (Wildman–Crippen MR) is 84.3 cm³/mol. The van der Waals surface area contributed by atoms with Crippen LogP contribution in [0.25, 0.3) is 0 Å². The van der Waals surface area contributed by atoms with Crippen LogP contribution in [-0.2, 0) is 14.8 Å². The molecule has 0 unspecified atom stereocenters. The summed E-state index contributed by atoms with van der Waals surface area (Å²) in [5.41, 5.74) is 5.44. The largest absolute Gasteiger partial charge is 0.457 e. The highest BCUT2D eigenvalue weighted by molar-refractivity contribution is 7.92. The fourth-order valence-electron chi connectivity index (χ4n) is 1.85. The van der Waals surface area contributed by atoms with Gasteiger partial charge in [0.1, 0.15) is 18.0 Å². The average molecular weight is 320 g/mol. The normalized spacial score (nSPS) is 11.0. The van der Waals surface area contributed by atoms with E-state index in [2.05, 4.69) is 0 Å². The van der Waals surface area contributed by atoms with Crippen molar-refractivity contribution in [3.63, 3.8) is 0 Å². The van der Waals surface area contributed by atoms with Gasteiger partial charge in [-0.2, -0.15) is 0 Å². The van der Waals surface area contributed by atoms with Gasteiger partial charge in [-0.25, -0.2) is 8.42 Å². The molecule has 0 aliphatic rings. The number of hydrogen-bond acceptors (Lipinski definition) is 4. The molecule has 0 bridgehead atoms. The number of carbonyl (C=O) groups is 1. The van der Waals surface area contributed by atoms with Gasteiger partial charge in [-0.15, -0.1) is 0 Å². The molecule has 2 aromatic rings. The van der Waals surface area contributed by atoms with E-state index in [1.54, 1.807) is 24.3 Å².